The largest absolute Gasteiger partial charge is 0.475 e. The minimum atomic E-state index is -4.70. The maximum Gasteiger partial charge on any atom is 0.475 e. The number of nitrogens with one attached hydrogen (secondary N) is 1. The summed E-state index contributed by atoms with van der Waals surface area (Å²) in [5.74, 6) is -1.65. The maximum absolute atomic E-state index is 14.4. The first kappa shape index (κ1) is 31.8. The number of carbonyl (C=O) groups is 2. The highest BCUT2D eigenvalue weighted by Crippen LogP contribution is 2.44. The quantitative estimate of drug-likeness (QED) is 0.149. The fourth-order valence-electron chi connectivity index (χ4n) is 3.71. The number of anilines is 1. The molecule has 1 aliphatic heterocycles. The van der Waals surface area contributed by atoms with Gasteiger partial charge < -0.3 is 30.2 Å². The van der Waals surface area contributed by atoms with Crippen LogP contribution in [0.4, 0.5) is 10.2 Å². The van der Waals surface area contributed by atoms with E-state index in [0.29, 0.717) is 6.54 Å². The number of nitrogen functional groups attached to an aromatic ring is 1. The third-order valence-corrected chi connectivity index (χ3v) is 6.84. The molecule has 2 heterocycles. The third kappa shape index (κ3) is 10.4. The zero-order valence-corrected chi connectivity index (χ0v) is 22.6. The van der Waals surface area contributed by atoms with E-state index in [9.17, 15) is 28.2 Å². The molecule has 0 spiro atoms. The van der Waals surface area contributed by atoms with Gasteiger partial charge in [-0.05, 0) is 25.8 Å². The Hall–Kier alpha value is -2.42. The van der Waals surface area contributed by atoms with E-state index in [4.69, 9.17) is 19.7 Å². The molecule has 0 amide bonds. The second kappa shape index (κ2) is 14.7. The van der Waals surface area contributed by atoms with Crippen molar-refractivity contribution in [3.63, 3.8) is 0 Å². The number of phosphoric ester groups is 1. The second-order valence-corrected chi connectivity index (χ2v) is 10.4. The summed E-state index contributed by atoms with van der Waals surface area (Å²) in [5.41, 5.74) is 4.51. The molecule has 0 aromatic carbocycles. The molecular formula is C22H36FN4O10P. The van der Waals surface area contributed by atoms with Crippen LogP contribution < -0.4 is 16.7 Å². The van der Waals surface area contributed by atoms with Gasteiger partial charge in [-0.25, -0.2) is 23.1 Å². The van der Waals surface area contributed by atoms with Gasteiger partial charge in [0.25, 0.3) is 0 Å². The number of alkyl halides is 1. The molecule has 16 heteroatoms. The van der Waals surface area contributed by atoms with Crippen molar-refractivity contribution in [2.24, 2.45) is 0 Å². The SMILES string of the molecule is CCCC(C)(CC)NCCC(=O)OCC(=O)OCOP(=O)(O)OC[C@@H]1C[C@H](F)[C@H](n2ccc(N)nc2=O)O1. The van der Waals surface area contributed by atoms with Gasteiger partial charge in [-0.15, -0.1) is 0 Å². The van der Waals surface area contributed by atoms with Gasteiger partial charge in [0, 0.05) is 24.7 Å². The Morgan fingerprint density at radius 3 is 2.74 bits per heavy atom. The third-order valence-electron chi connectivity index (χ3n) is 5.93. The number of halogens is 1. The van der Waals surface area contributed by atoms with Gasteiger partial charge in [-0.3, -0.25) is 13.9 Å². The summed E-state index contributed by atoms with van der Waals surface area (Å²) in [6, 6.07) is 1.30. The monoisotopic (exact) mass is 566 g/mol. The molecule has 0 aliphatic carbocycles. The summed E-state index contributed by atoms with van der Waals surface area (Å²) < 4.78 is 51.4. The number of rotatable bonds is 16. The van der Waals surface area contributed by atoms with Crippen LogP contribution in [0.15, 0.2) is 17.1 Å². The molecule has 0 bridgehead atoms. The first-order valence-corrected chi connectivity index (χ1v) is 13.7. The summed E-state index contributed by atoms with van der Waals surface area (Å²) in [7, 11) is -4.70. The number of ether oxygens (including phenoxy) is 3. The van der Waals surface area contributed by atoms with E-state index >= 15 is 0 Å². The lowest BCUT2D eigenvalue weighted by Crippen LogP contribution is -2.42. The van der Waals surface area contributed by atoms with E-state index in [1.165, 1.54) is 12.3 Å². The number of nitrogens with two attached hydrogens (primary N) is 1. The first-order valence-electron chi connectivity index (χ1n) is 12.2. The Labute approximate surface area is 219 Å². The molecule has 1 fully saturated rings. The normalized spacial score (nSPS) is 22.4. The molecular weight excluding hydrogens is 530 g/mol. The average Bonchev–Trinajstić information content (AvgIpc) is 3.22. The predicted molar refractivity (Wildman–Crippen MR) is 131 cm³/mol. The molecule has 5 atom stereocenters. The van der Waals surface area contributed by atoms with Crippen molar-refractivity contribution in [3.8, 4) is 0 Å². The first-order chi connectivity index (χ1) is 17.9. The van der Waals surface area contributed by atoms with Crippen molar-refractivity contribution in [1.29, 1.82) is 0 Å². The van der Waals surface area contributed by atoms with Gasteiger partial charge in [0.15, 0.2) is 12.8 Å². The minimum Gasteiger partial charge on any atom is -0.454 e. The number of hydrogen-bond donors (Lipinski definition) is 3. The van der Waals surface area contributed by atoms with Crippen LogP contribution in [0.1, 0.15) is 59.1 Å². The van der Waals surface area contributed by atoms with Crippen LogP contribution >= 0.6 is 7.82 Å². The Bertz CT molecular complexity index is 1040. The molecule has 1 saturated heterocycles. The second-order valence-electron chi connectivity index (χ2n) is 8.97. The smallest absolute Gasteiger partial charge is 0.454 e. The van der Waals surface area contributed by atoms with Crippen LogP contribution in [0.3, 0.4) is 0 Å². The number of nitrogens with zero attached hydrogens (tertiary/aromatic N) is 2. The van der Waals surface area contributed by atoms with E-state index < -0.39 is 64.0 Å². The van der Waals surface area contributed by atoms with Gasteiger partial charge in [0.05, 0.1) is 19.1 Å². The zero-order chi connectivity index (χ0) is 28.3. The number of hydrogen-bond acceptors (Lipinski definition) is 12. The topological polar surface area (TPSA) is 191 Å². The highest BCUT2D eigenvalue weighted by Gasteiger charge is 2.39. The molecule has 1 aromatic rings. The Balaban J connectivity index is 1.65. The summed E-state index contributed by atoms with van der Waals surface area (Å²) in [6.07, 6.45) is 0.00137. The van der Waals surface area contributed by atoms with Crippen LogP contribution in [0.25, 0.3) is 0 Å². The minimum absolute atomic E-state index is 0.0357. The number of carbonyl (C=O) groups excluding carboxylic acids is 2. The predicted octanol–water partition coefficient (Wildman–Crippen LogP) is 1.58. The molecule has 216 valence electrons. The zero-order valence-electron chi connectivity index (χ0n) is 21.7. The molecule has 4 N–H and O–H groups in total. The lowest BCUT2D eigenvalue weighted by molar-refractivity contribution is -0.163. The molecule has 0 saturated carbocycles. The van der Waals surface area contributed by atoms with E-state index in [-0.39, 0.29) is 24.2 Å². The Morgan fingerprint density at radius 2 is 2.08 bits per heavy atom. The molecule has 0 radical (unpaired) electrons. The Kier molecular flexibility index (Phi) is 12.3. The molecule has 2 rings (SSSR count). The van der Waals surface area contributed by atoms with E-state index in [1.54, 1.807) is 0 Å². The molecule has 38 heavy (non-hydrogen) atoms. The van der Waals surface area contributed by atoms with Crippen molar-refractivity contribution in [1.82, 2.24) is 14.9 Å². The van der Waals surface area contributed by atoms with E-state index in [0.717, 1.165) is 23.8 Å². The van der Waals surface area contributed by atoms with E-state index in [2.05, 4.69) is 40.3 Å². The average molecular weight is 567 g/mol. The molecule has 1 aromatic heterocycles. The number of phosphoric acid groups is 1. The summed E-state index contributed by atoms with van der Waals surface area (Å²) >= 11 is 0. The fourth-order valence-corrected chi connectivity index (χ4v) is 4.32. The molecule has 2 unspecified atom stereocenters. The summed E-state index contributed by atoms with van der Waals surface area (Å²) in [4.78, 5) is 48.7. The van der Waals surface area contributed by atoms with Crippen LogP contribution in [-0.2, 0) is 37.4 Å². The lowest BCUT2D eigenvalue weighted by atomic mass is 9.93. The number of aromatic nitrogens is 2. The standard InChI is InChI=1S/C22H36FN4O10P/c1-4-8-22(3,5-2)25-9-6-18(28)33-13-19(29)34-14-36-38(31,32)35-12-15-11-16(23)20(37-15)27-10-7-17(24)26-21(27)30/h7,10,15-16,20,25H,4-6,8-9,11-14H2,1-3H3,(H,31,32)(H2,24,26,30)/t15-,16-,20+,22?/m0/s1. The number of esters is 2. The van der Waals surface area contributed by atoms with Gasteiger partial charge in [-0.2, -0.15) is 4.98 Å². The lowest BCUT2D eigenvalue weighted by Gasteiger charge is -2.29. The van der Waals surface area contributed by atoms with Gasteiger partial charge >= 0.3 is 25.5 Å². The fraction of sp³-hybridized carbons (Fsp3) is 0.727. The van der Waals surface area contributed by atoms with E-state index in [1.807, 2.05) is 0 Å². The van der Waals surface area contributed by atoms with Gasteiger partial charge in [0.1, 0.15) is 12.0 Å². The van der Waals surface area contributed by atoms with Crippen LogP contribution in [0, 0.1) is 0 Å². The van der Waals surface area contributed by atoms with Crippen molar-refractivity contribution >= 4 is 25.6 Å². The Morgan fingerprint density at radius 1 is 1.34 bits per heavy atom. The van der Waals surface area contributed by atoms with Crippen molar-refractivity contribution in [2.45, 2.75) is 76.9 Å². The van der Waals surface area contributed by atoms with Crippen LogP contribution in [0.2, 0.25) is 0 Å². The van der Waals surface area contributed by atoms with Crippen LogP contribution in [-0.4, -0.2) is 70.7 Å². The van der Waals surface area contributed by atoms with Gasteiger partial charge in [-0.1, -0.05) is 20.3 Å². The van der Waals surface area contributed by atoms with Gasteiger partial charge in [0.2, 0.25) is 6.79 Å². The summed E-state index contributed by atoms with van der Waals surface area (Å²) in [5, 5.41) is 3.30. The van der Waals surface area contributed by atoms with Crippen LogP contribution in [0.5, 0.6) is 0 Å². The van der Waals surface area contributed by atoms with Crippen molar-refractivity contribution < 1.29 is 46.7 Å². The summed E-state index contributed by atoms with van der Waals surface area (Å²) in [6.45, 7) is 4.38. The van der Waals surface area contributed by atoms with Crippen molar-refractivity contribution in [2.75, 3.05) is 32.3 Å². The van der Waals surface area contributed by atoms with Crippen molar-refractivity contribution in [3.05, 3.63) is 22.7 Å². The molecule has 1 aliphatic rings. The highest BCUT2D eigenvalue weighted by molar-refractivity contribution is 7.47. The maximum atomic E-state index is 14.4. The molecule has 14 nitrogen and oxygen atoms in total. The highest BCUT2D eigenvalue weighted by atomic mass is 31.2.